The molecule has 12 heavy (non-hydrogen) atoms. The maximum Gasteiger partial charge on any atom is -0.0210 e. The Bertz CT molecular complexity index is 139. The summed E-state index contributed by atoms with van der Waals surface area (Å²) in [7, 11) is 0. The summed E-state index contributed by atoms with van der Waals surface area (Å²) in [4.78, 5) is 0. The van der Waals surface area contributed by atoms with Gasteiger partial charge in [0.05, 0.1) is 0 Å². The van der Waals surface area contributed by atoms with Crippen LogP contribution in [-0.4, -0.2) is 0 Å². The van der Waals surface area contributed by atoms with Crippen LogP contribution in [-0.2, 0) is 0 Å². The molecule has 1 aliphatic rings. The average Bonchev–Trinajstić information content (AvgIpc) is 2.49. The van der Waals surface area contributed by atoms with Crippen LogP contribution in [0.4, 0.5) is 0 Å². The highest BCUT2D eigenvalue weighted by atomic mass is 14.8. The molecule has 0 atom stereocenters. The first-order valence-electron chi connectivity index (χ1n) is 5.43. The summed E-state index contributed by atoms with van der Waals surface area (Å²) in [6.07, 6.45) is 4.00. The van der Waals surface area contributed by atoms with Crippen LogP contribution in [0.3, 0.4) is 0 Å². The standard InChI is InChI=1S/C12H24/c1-7-10(4)11(5,8-2)12(10,6)9-3/h7-9H2,1-6H3. The maximum atomic E-state index is 2.47. The lowest BCUT2D eigenvalue weighted by atomic mass is 9.92. The van der Waals surface area contributed by atoms with E-state index in [4.69, 9.17) is 0 Å². The molecule has 1 saturated carbocycles. The van der Waals surface area contributed by atoms with Crippen LogP contribution in [0.15, 0.2) is 0 Å². The zero-order valence-electron chi connectivity index (χ0n) is 9.62. The molecule has 0 radical (unpaired) electrons. The minimum absolute atomic E-state index is 0.601. The fourth-order valence-corrected chi connectivity index (χ4v) is 3.75. The summed E-state index contributed by atoms with van der Waals surface area (Å²) in [5, 5.41) is 0. The lowest BCUT2D eigenvalue weighted by molar-refractivity contribution is 0.367. The monoisotopic (exact) mass is 168 g/mol. The van der Waals surface area contributed by atoms with Gasteiger partial charge in [0.2, 0.25) is 0 Å². The van der Waals surface area contributed by atoms with Gasteiger partial charge < -0.3 is 0 Å². The van der Waals surface area contributed by atoms with E-state index in [1.807, 2.05) is 0 Å². The lowest BCUT2D eigenvalue weighted by Gasteiger charge is -2.13. The molecule has 0 aromatic carbocycles. The number of hydrogen-bond acceptors (Lipinski definition) is 0. The van der Waals surface area contributed by atoms with Gasteiger partial charge in [-0.2, -0.15) is 0 Å². The fraction of sp³-hybridized carbons (Fsp3) is 1.00. The molecule has 0 spiro atoms. The van der Waals surface area contributed by atoms with Crippen LogP contribution < -0.4 is 0 Å². The average molecular weight is 168 g/mol. The molecule has 0 aliphatic heterocycles. The van der Waals surface area contributed by atoms with Crippen molar-refractivity contribution in [3.05, 3.63) is 0 Å². The SMILES string of the molecule is CCC1(C)C(C)(CC)C1(C)CC. The Kier molecular flexibility index (Phi) is 2.10. The Hall–Kier alpha value is 0. The van der Waals surface area contributed by atoms with E-state index >= 15 is 0 Å². The third-order valence-corrected chi connectivity index (χ3v) is 5.71. The van der Waals surface area contributed by atoms with Crippen LogP contribution in [0, 0.1) is 16.2 Å². The molecule has 0 aromatic rings. The van der Waals surface area contributed by atoms with E-state index in [1.165, 1.54) is 19.3 Å². The van der Waals surface area contributed by atoms with Crippen molar-refractivity contribution in [3.8, 4) is 0 Å². The van der Waals surface area contributed by atoms with Crippen molar-refractivity contribution in [1.29, 1.82) is 0 Å². The minimum atomic E-state index is 0.601. The molecule has 72 valence electrons. The van der Waals surface area contributed by atoms with Crippen molar-refractivity contribution in [2.45, 2.75) is 60.8 Å². The van der Waals surface area contributed by atoms with Gasteiger partial charge in [0, 0.05) is 0 Å². The van der Waals surface area contributed by atoms with E-state index in [2.05, 4.69) is 41.5 Å². The lowest BCUT2D eigenvalue weighted by Crippen LogP contribution is -2.04. The first-order valence-corrected chi connectivity index (χ1v) is 5.43. The van der Waals surface area contributed by atoms with Crippen LogP contribution in [0.1, 0.15) is 60.8 Å². The Morgan fingerprint density at radius 1 is 0.583 bits per heavy atom. The molecule has 0 heterocycles. The van der Waals surface area contributed by atoms with Crippen molar-refractivity contribution < 1.29 is 0 Å². The highest BCUT2D eigenvalue weighted by molar-refractivity contribution is 5.23. The zero-order valence-corrected chi connectivity index (χ0v) is 9.62. The van der Waals surface area contributed by atoms with Crippen molar-refractivity contribution in [1.82, 2.24) is 0 Å². The van der Waals surface area contributed by atoms with Crippen LogP contribution >= 0.6 is 0 Å². The molecule has 0 N–H and O–H groups in total. The van der Waals surface area contributed by atoms with Gasteiger partial charge in [-0.1, -0.05) is 41.5 Å². The second-order valence-electron chi connectivity index (χ2n) is 5.06. The third-order valence-electron chi connectivity index (χ3n) is 5.71. The Morgan fingerprint density at radius 2 is 0.750 bits per heavy atom. The van der Waals surface area contributed by atoms with Crippen LogP contribution in [0.5, 0.6) is 0 Å². The van der Waals surface area contributed by atoms with Gasteiger partial charge in [0.25, 0.3) is 0 Å². The quantitative estimate of drug-likeness (QED) is 0.591. The van der Waals surface area contributed by atoms with Gasteiger partial charge in [0.1, 0.15) is 0 Å². The molecule has 1 rings (SSSR count). The molecule has 0 bridgehead atoms. The summed E-state index contributed by atoms with van der Waals surface area (Å²) in [5.74, 6) is 0. The highest BCUT2D eigenvalue weighted by Crippen LogP contribution is 2.82. The predicted molar refractivity (Wildman–Crippen MR) is 55.2 cm³/mol. The molecule has 0 heteroatoms. The van der Waals surface area contributed by atoms with Crippen molar-refractivity contribution in [2.75, 3.05) is 0 Å². The number of rotatable bonds is 3. The fourth-order valence-electron chi connectivity index (χ4n) is 3.75. The topological polar surface area (TPSA) is 0 Å². The first kappa shape index (κ1) is 10.1. The van der Waals surface area contributed by atoms with Gasteiger partial charge >= 0.3 is 0 Å². The van der Waals surface area contributed by atoms with Gasteiger partial charge in [0.15, 0.2) is 0 Å². The Labute approximate surface area is 77.7 Å². The Morgan fingerprint density at radius 3 is 0.833 bits per heavy atom. The van der Waals surface area contributed by atoms with Gasteiger partial charge in [-0.05, 0) is 35.5 Å². The Balaban J connectivity index is 2.95. The van der Waals surface area contributed by atoms with Crippen molar-refractivity contribution >= 4 is 0 Å². The van der Waals surface area contributed by atoms with E-state index < -0.39 is 0 Å². The highest BCUT2D eigenvalue weighted by Gasteiger charge is 2.75. The number of hydrogen-bond donors (Lipinski definition) is 0. The van der Waals surface area contributed by atoms with E-state index in [1.54, 1.807) is 0 Å². The van der Waals surface area contributed by atoms with Gasteiger partial charge in [-0.25, -0.2) is 0 Å². The van der Waals surface area contributed by atoms with Crippen LogP contribution in [0.2, 0.25) is 0 Å². The molecule has 0 amide bonds. The van der Waals surface area contributed by atoms with Crippen molar-refractivity contribution in [3.63, 3.8) is 0 Å². The van der Waals surface area contributed by atoms with Crippen molar-refractivity contribution in [2.24, 2.45) is 16.2 Å². The summed E-state index contributed by atoms with van der Waals surface area (Å²) < 4.78 is 0. The molecule has 1 aliphatic carbocycles. The molecule has 0 saturated heterocycles. The zero-order chi connectivity index (χ0) is 9.62. The minimum Gasteiger partial charge on any atom is -0.0648 e. The summed E-state index contributed by atoms with van der Waals surface area (Å²) in [5.41, 5.74) is 1.80. The summed E-state index contributed by atoms with van der Waals surface area (Å²) in [6.45, 7) is 14.4. The van der Waals surface area contributed by atoms with E-state index in [-0.39, 0.29) is 0 Å². The predicted octanol–water partition coefficient (Wildman–Crippen LogP) is 4.25. The second-order valence-corrected chi connectivity index (χ2v) is 5.06. The summed E-state index contributed by atoms with van der Waals surface area (Å²) in [6, 6.07) is 0. The molecule has 0 unspecified atom stereocenters. The van der Waals surface area contributed by atoms with Crippen LogP contribution in [0.25, 0.3) is 0 Å². The molecule has 1 fully saturated rings. The van der Waals surface area contributed by atoms with E-state index in [0.29, 0.717) is 16.2 Å². The molecular weight excluding hydrogens is 144 g/mol. The third kappa shape index (κ3) is 0.701. The summed E-state index contributed by atoms with van der Waals surface area (Å²) >= 11 is 0. The largest absolute Gasteiger partial charge is 0.0648 e. The smallest absolute Gasteiger partial charge is 0.0210 e. The molecule has 0 nitrogen and oxygen atoms in total. The van der Waals surface area contributed by atoms with Gasteiger partial charge in [-0.3, -0.25) is 0 Å². The van der Waals surface area contributed by atoms with E-state index in [9.17, 15) is 0 Å². The normalized spacial score (nSPS) is 52.5. The van der Waals surface area contributed by atoms with Gasteiger partial charge in [-0.15, -0.1) is 0 Å². The molecular formula is C12H24. The molecule has 0 aromatic heterocycles. The van der Waals surface area contributed by atoms with E-state index in [0.717, 1.165) is 0 Å². The first-order chi connectivity index (χ1) is 5.43. The second kappa shape index (κ2) is 2.49. The maximum absolute atomic E-state index is 2.47.